The second kappa shape index (κ2) is 4.33. The molecule has 2 rings (SSSR count). The summed E-state index contributed by atoms with van der Waals surface area (Å²) >= 11 is 0. The van der Waals surface area contributed by atoms with E-state index in [1.165, 1.54) is 13.2 Å². The number of nitrogens with zero attached hydrogens (tertiary/aromatic N) is 1. The van der Waals surface area contributed by atoms with Gasteiger partial charge in [-0.2, -0.15) is 0 Å². The predicted molar refractivity (Wildman–Crippen MR) is 62.3 cm³/mol. The van der Waals surface area contributed by atoms with E-state index in [-0.39, 0.29) is 12.3 Å². The zero-order valence-corrected chi connectivity index (χ0v) is 9.68. The lowest BCUT2D eigenvalue weighted by atomic mass is 9.64. The van der Waals surface area contributed by atoms with Crippen molar-refractivity contribution in [3.8, 4) is 5.75 Å². The predicted octanol–water partition coefficient (Wildman–Crippen LogP) is 2.02. The molecule has 1 fully saturated rings. The topological polar surface area (TPSA) is 72.6 Å². The van der Waals surface area contributed by atoms with Gasteiger partial charge < -0.3 is 9.84 Å². The first kappa shape index (κ1) is 11.9. The van der Waals surface area contributed by atoms with E-state index in [1.54, 1.807) is 12.1 Å². The molecule has 0 aliphatic heterocycles. The Morgan fingerprint density at radius 1 is 1.53 bits per heavy atom. The summed E-state index contributed by atoms with van der Waals surface area (Å²) in [6.07, 6.45) is 2.57. The van der Waals surface area contributed by atoms with Crippen molar-refractivity contribution in [2.24, 2.45) is 0 Å². The molecule has 1 aliphatic carbocycles. The van der Waals surface area contributed by atoms with Crippen LogP contribution in [0.5, 0.6) is 5.75 Å². The molecule has 17 heavy (non-hydrogen) atoms. The molecule has 0 radical (unpaired) electrons. The van der Waals surface area contributed by atoms with Gasteiger partial charge in [0.2, 0.25) is 0 Å². The summed E-state index contributed by atoms with van der Waals surface area (Å²) in [7, 11) is 1.53. The summed E-state index contributed by atoms with van der Waals surface area (Å²) in [5.41, 5.74) is 0.215. The van der Waals surface area contributed by atoms with Crippen LogP contribution in [-0.2, 0) is 5.41 Å². The van der Waals surface area contributed by atoms with Gasteiger partial charge in [-0.1, -0.05) is 6.42 Å². The smallest absolute Gasteiger partial charge is 0.273 e. The van der Waals surface area contributed by atoms with Gasteiger partial charge in [0.1, 0.15) is 5.75 Å². The highest BCUT2D eigenvalue weighted by Crippen LogP contribution is 2.47. The largest absolute Gasteiger partial charge is 0.497 e. The van der Waals surface area contributed by atoms with E-state index in [4.69, 9.17) is 4.74 Å². The Balaban J connectivity index is 2.52. The number of rotatable bonds is 4. The summed E-state index contributed by atoms with van der Waals surface area (Å²) in [4.78, 5) is 10.6. The highest BCUT2D eigenvalue weighted by Gasteiger charge is 2.42. The molecular formula is C12H15NO4. The van der Waals surface area contributed by atoms with Gasteiger partial charge in [-0.15, -0.1) is 0 Å². The maximum atomic E-state index is 11.0. The molecule has 0 unspecified atom stereocenters. The van der Waals surface area contributed by atoms with Crippen LogP contribution in [0.15, 0.2) is 18.2 Å². The normalized spacial score (nSPS) is 17.3. The van der Waals surface area contributed by atoms with Gasteiger partial charge in [0.25, 0.3) is 5.69 Å². The third-order valence-electron chi connectivity index (χ3n) is 3.59. The molecule has 1 saturated carbocycles. The lowest BCUT2D eigenvalue weighted by molar-refractivity contribution is -0.386. The van der Waals surface area contributed by atoms with Gasteiger partial charge in [0, 0.05) is 17.0 Å². The molecular weight excluding hydrogens is 222 g/mol. The number of hydrogen-bond donors (Lipinski definition) is 1. The Kier molecular flexibility index (Phi) is 3.02. The minimum atomic E-state index is -0.447. The molecule has 5 nitrogen and oxygen atoms in total. The van der Waals surface area contributed by atoms with Crippen molar-refractivity contribution in [3.05, 3.63) is 33.9 Å². The van der Waals surface area contributed by atoms with E-state index < -0.39 is 10.3 Å². The molecule has 0 aromatic heterocycles. The molecule has 92 valence electrons. The molecule has 0 spiro atoms. The summed E-state index contributed by atoms with van der Waals surface area (Å²) in [6.45, 7) is -0.0546. The molecule has 0 bridgehead atoms. The van der Waals surface area contributed by atoms with Crippen molar-refractivity contribution in [1.82, 2.24) is 0 Å². The van der Waals surface area contributed by atoms with E-state index in [2.05, 4.69) is 0 Å². The number of benzene rings is 1. The Labute approximate surface area is 99.2 Å². The van der Waals surface area contributed by atoms with Crippen LogP contribution in [0.2, 0.25) is 0 Å². The van der Waals surface area contributed by atoms with Crippen molar-refractivity contribution >= 4 is 5.69 Å². The minimum Gasteiger partial charge on any atom is -0.497 e. The molecule has 1 aromatic carbocycles. The first-order chi connectivity index (χ1) is 8.13. The maximum Gasteiger partial charge on any atom is 0.273 e. The summed E-state index contributed by atoms with van der Waals surface area (Å²) in [6, 6.07) is 4.70. The van der Waals surface area contributed by atoms with Crippen LogP contribution >= 0.6 is 0 Å². The van der Waals surface area contributed by atoms with E-state index in [0.717, 1.165) is 19.3 Å². The lowest BCUT2D eigenvalue weighted by Crippen LogP contribution is -2.38. The van der Waals surface area contributed by atoms with Gasteiger partial charge in [0.05, 0.1) is 18.6 Å². The first-order valence-electron chi connectivity index (χ1n) is 5.57. The van der Waals surface area contributed by atoms with Gasteiger partial charge in [-0.25, -0.2) is 0 Å². The third-order valence-corrected chi connectivity index (χ3v) is 3.59. The van der Waals surface area contributed by atoms with Gasteiger partial charge in [-0.3, -0.25) is 10.1 Å². The molecule has 5 heteroatoms. The van der Waals surface area contributed by atoms with E-state index in [9.17, 15) is 15.2 Å². The van der Waals surface area contributed by atoms with Crippen LogP contribution in [0.4, 0.5) is 5.69 Å². The summed E-state index contributed by atoms with van der Waals surface area (Å²) < 4.78 is 5.09. The monoisotopic (exact) mass is 237 g/mol. The summed E-state index contributed by atoms with van der Waals surface area (Å²) in [5, 5.41) is 20.5. The van der Waals surface area contributed by atoms with Crippen molar-refractivity contribution in [1.29, 1.82) is 0 Å². The third kappa shape index (κ3) is 1.86. The highest BCUT2D eigenvalue weighted by atomic mass is 16.6. The Hall–Kier alpha value is -1.62. The molecule has 1 aliphatic rings. The Morgan fingerprint density at radius 2 is 2.24 bits per heavy atom. The van der Waals surface area contributed by atoms with E-state index in [0.29, 0.717) is 11.3 Å². The van der Waals surface area contributed by atoms with Crippen molar-refractivity contribution in [3.63, 3.8) is 0 Å². The van der Waals surface area contributed by atoms with Crippen molar-refractivity contribution in [2.45, 2.75) is 24.7 Å². The number of aliphatic hydroxyl groups is 1. The molecule has 1 aromatic rings. The number of hydrogen-bond acceptors (Lipinski definition) is 4. The first-order valence-corrected chi connectivity index (χ1v) is 5.57. The number of ether oxygens (including phenoxy) is 1. The van der Waals surface area contributed by atoms with Gasteiger partial charge in [0.15, 0.2) is 0 Å². The molecule has 0 amide bonds. The molecule has 0 saturated heterocycles. The van der Waals surface area contributed by atoms with Crippen molar-refractivity contribution < 1.29 is 14.8 Å². The van der Waals surface area contributed by atoms with E-state index in [1.807, 2.05) is 0 Å². The molecule has 0 atom stereocenters. The summed E-state index contributed by atoms with van der Waals surface area (Å²) in [5.74, 6) is 0.588. The van der Waals surface area contributed by atoms with Crippen LogP contribution in [-0.4, -0.2) is 23.7 Å². The highest BCUT2D eigenvalue weighted by molar-refractivity contribution is 5.50. The Morgan fingerprint density at radius 3 is 2.65 bits per heavy atom. The molecule has 0 heterocycles. The van der Waals surface area contributed by atoms with Crippen LogP contribution in [0.1, 0.15) is 24.8 Å². The molecule has 1 N–H and O–H groups in total. The van der Waals surface area contributed by atoms with Crippen LogP contribution in [0.25, 0.3) is 0 Å². The number of aliphatic hydroxyl groups excluding tert-OH is 1. The number of nitro benzene ring substituents is 1. The maximum absolute atomic E-state index is 11.0. The zero-order chi connectivity index (χ0) is 12.5. The fourth-order valence-corrected chi connectivity index (χ4v) is 2.34. The van der Waals surface area contributed by atoms with Crippen LogP contribution in [0, 0.1) is 10.1 Å². The fourth-order valence-electron chi connectivity index (χ4n) is 2.34. The van der Waals surface area contributed by atoms with Crippen LogP contribution < -0.4 is 4.74 Å². The second-order valence-corrected chi connectivity index (χ2v) is 4.43. The van der Waals surface area contributed by atoms with E-state index >= 15 is 0 Å². The van der Waals surface area contributed by atoms with Gasteiger partial charge in [-0.05, 0) is 25.0 Å². The fraction of sp³-hybridized carbons (Fsp3) is 0.500. The SMILES string of the molecule is COc1ccc([N+](=O)[O-])c(C2(CO)CCC2)c1. The lowest BCUT2D eigenvalue weighted by Gasteiger charge is -2.40. The number of methoxy groups -OCH3 is 1. The van der Waals surface area contributed by atoms with Crippen molar-refractivity contribution in [2.75, 3.05) is 13.7 Å². The van der Waals surface area contributed by atoms with Gasteiger partial charge >= 0.3 is 0 Å². The van der Waals surface area contributed by atoms with Crippen LogP contribution in [0.3, 0.4) is 0 Å². The zero-order valence-electron chi connectivity index (χ0n) is 9.68. The number of nitro groups is 1. The average molecular weight is 237 g/mol. The quantitative estimate of drug-likeness (QED) is 0.642. The Bertz CT molecular complexity index is 435. The average Bonchev–Trinajstić information content (AvgIpc) is 2.28. The standard InChI is InChI=1S/C12H15NO4/c1-17-9-3-4-11(13(15)16)10(7-9)12(8-14)5-2-6-12/h3-4,7,14H,2,5-6,8H2,1H3. The minimum absolute atomic E-state index is 0.0546. The second-order valence-electron chi connectivity index (χ2n) is 4.43.